The fourth-order valence-corrected chi connectivity index (χ4v) is 4.03. The van der Waals surface area contributed by atoms with Gasteiger partial charge >= 0.3 is 0 Å². The molecule has 6 heteroatoms. The average molecular weight is 446 g/mol. The topological polar surface area (TPSA) is 80.0 Å². The molecule has 0 aliphatic carbocycles. The van der Waals surface area contributed by atoms with Crippen molar-refractivity contribution in [1.82, 2.24) is 4.90 Å². The highest BCUT2D eigenvalue weighted by Gasteiger charge is 2.46. The average Bonchev–Trinajstić information content (AvgIpc) is 3.40. The Morgan fingerprint density at radius 1 is 1.03 bits per heavy atom. The third-order valence-electron chi connectivity index (χ3n) is 5.90. The third kappa shape index (κ3) is 4.29. The third-order valence-corrected chi connectivity index (χ3v) is 5.90. The summed E-state index contributed by atoms with van der Waals surface area (Å²) in [6.45, 7) is 6.47. The SMILES string of the molecule is COc1ccc(/C(O)=C2\C(=O)C(=O)N(Cc3ccco3)[C@H]2c2ccc(C(C)(C)C)cc2)cc1. The van der Waals surface area contributed by atoms with E-state index in [1.54, 1.807) is 43.5 Å². The number of aliphatic hydroxyl groups is 1. The number of ketones is 1. The second-order valence-electron chi connectivity index (χ2n) is 9.11. The zero-order chi connectivity index (χ0) is 23.8. The van der Waals surface area contributed by atoms with Crippen LogP contribution in [0.2, 0.25) is 0 Å². The second-order valence-corrected chi connectivity index (χ2v) is 9.11. The van der Waals surface area contributed by atoms with Gasteiger partial charge in [-0.1, -0.05) is 45.0 Å². The zero-order valence-corrected chi connectivity index (χ0v) is 19.2. The molecule has 2 aromatic carbocycles. The smallest absolute Gasteiger partial charge is 0.296 e. The quantitative estimate of drug-likeness (QED) is 0.331. The molecule has 0 unspecified atom stereocenters. The molecule has 1 amide bonds. The lowest BCUT2D eigenvalue weighted by Gasteiger charge is -2.26. The van der Waals surface area contributed by atoms with Crippen molar-refractivity contribution in [3.8, 4) is 5.75 Å². The summed E-state index contributed by atoms with van der Waals surface area (Å²) >= 11 is 0. The molecule has 1 N–H and O–H groups in total. The van der Waals surface area contributed by atoms with Crippen LogP contribution in [0.5, 0.6) is 5.75 Å². The van der Waals surface area contributed by atoms with Gasteiger partial charge in [-0.05, 0) is 52.9 Å². The van der Waals surface area contributed by atoms with E-state index in [1.165, 1.54) is 11.2 Å². The van der Waals surface area contributed by atoms with E-state index in [0.717, 1.165) is 11.1 Å². The molecule has 0 bridgehead atoms. The van der Waals surface area contributed by atoms with Gasteiger partial charge in [0.1, 0.15) is 17.3 Å². The first-order valence-corrected chi connectivity index (χ1v) is 10.8. The van der Waals surface area contributed by atoms with E-state index in [2.05, 4.69) is 20.8 Å². The number of ether oxygens (including phenoxy) is 1. The molecule has 6 nitrogen and oxygen atoms in total. The number of nitrogens with zero attached hydrogens (tertiary/aromatic N) is 1. The van der Waals surface area contributed by atoms with Gasteiger partial charge in [-0.3, -0.25) is 9.59 Å². The largest absolute Gasteiger partial charge is 0.507 e. The van der Waals surface area contributed by atoms with Crippen molar-refractivity contribution in [2.75, 3.05) is 7.11 Å². The van der Waals surface area contributed by atoms with Crippen LogP contribution < -0.4 is 4.74 Å². The first-order chi connectivity index (χ1) is 15.7. The summed E-state index contributed by atoms with van der Waals surface area (Å²) in [7, 11) is 1.55. The monoisotopic (exact) mass is 445 g/mol. The van der Waals surface area contributed by atoms with Gasteiger partial charge < -0.3 is 19.2 Å². The normalized spacial score (nSPS) is 18.1. The molecule has 0 saturated carbocycles. The number of furan rings is 1. The Kier molecular flexibility index (Phi) is 5.85. The van der Waals surface area contributed by atoms with E-state index >= 15 is 0 Å². The van der Waals surface area contributed by atoms with Crippen LogP contribution in [-0.4, -0.2) is 28.8 Å². The maximum Gasteiger partial charge on any atom is 0.296 e. The summed E-state index contributed by atoms with van der Waals surface area (Å²) in [5.41, 5.74) is 2.31. The fourth-order valence-electron chi connectivity index (χ4n) is 4.03. The van der Waals surface area contributed by atoms with Crippen molar-refractivity contribution in [3.05, 3.63) is 95.0 Å². The van der Waals surface area contributed by atoms with E-state index in [1.807, 2.05) is 24.3 Å². The molecule has 0 radical (unpaired) electrons. The molecule has 0 spiro atoms. The van der Waals surface area contributed by atoms with Gasteiger partial charge in [0.25, 0.3) is 11.7 Å². The highest BCUT2D eigenvalue weighted by Crippen LogP contribution is 2.41. The number of carbonyl (C=O) groups is 2. The Morgan fingerprint density at radius 2 is 1.70 bits per heavy atom. The van der Waals surface area contributed by atoms with Crippen molar-refractivity contribution < 1.29 is 23.8 Å². The van der Waals surface area contributed by atoms with Gasteiger partial charge in [-0.15, -0.1) is 0 Å². The van der Waals surface area contributed by atoms with Gasteiger partial charge in [0.2, 0.25) is 0 Å². The molecule has 1 aromatic heterocycles. The Balaban J connectivity index is 1.83. The summed E-state index contributed by atoms with van der Waals surface area (Å²) in [5.74, 6) is -0.439. The van der Waals surface area contributed by atoms with Crippen molar-refractivity contribution >= 4 is 17.4 Å². The highest BCUT2D eigenvalue weighted by molar-refractivity contribution is 6.46. The van der Waals surface area contributed by atoms with Crippen LogP contribution in [0, 0.1) is 0 Å². The zero-order valence-electron chi connectivity index (χ0n) is 19.2. The number of hydrogen-bond donors (Lipinski definition) is 1. The van der Waals surface area contributed by atoms with Gasteiger partial charge in [0, 0.05) is 5.56 Å². The number of benzene rings is 2. The molecule has 1 aliphatic heterocycles. The lowest BCUT2D eigenvalue weighted by molar-refractivity contribution is -0.140. The molecule has 1 saturated heterocycles. The number of carbonyl (C=O) groups excluding carboxylic acids is 2. The summed E-state index contributed by atoms with van der Waals surface area (Å²) in [6.07, 6.45) is 1.52. The molecule has 1 fully saturated rings. The second kappa shape index (κ2) is 8.62. The molecular formula is C27H27NO5. The van der Waals surface area contributed by atoms with Crippen molar-refractivity contribution in [2.45, 2.75) is 38.8 Å². The minimum atomic E-state index is -0.744. The molecule has 1 atom stereocenters. The number of amides is 1. The van der Waals surface area contributed by atoms with Crippen molar-refractivity contribution in [1.29, 1.82) is 0 Å². The van der Waals surface area contributed by atoms with Crippen LogP contribution in [0.4, 0.5) is 0 Å². The first-order valence-electron chi connectivity index (χ1n) is 10.8. The Bertz CT molecular complexity index is 1180. The number of rotatable bonds is 5. The van der Waals surface area contributed by atoms with E-state index in [4.69, 9.17) is 9.15 Å². The highest BCUT2D eigenvalue weighted by atomic mass is 16.5. The maximum absolute atomic E-state index is 13.1. The van der Waals surface area contributed by atoms with Gasteiger partial charge in [0.05, 0.1) is 31.5 Å². The maximum atomic E-state index is 13.1. The summed E-state index contributed by atoms with van der Waals surface area (Å²) < 4.78 is 10.6. The number of hydrogen-bond acceptors (Lipinski definition) is 5. The van der Waals surface area contributed by atoms with Crippen LogP contribution in [0.25, 0.3) is 5.76 Å². The number of aliphatic hydroxyl groups excluding tert-OH is 1. The lowest BCUT2D eigenvalue weighted by Crippen LogP contribution is -2.29. The van der Waals surface area contributed by atoms with Gasteiger partial charge in [-0.2, -0.15) is 0 Å². The van der Waals surface area contributed by atoms with Crippen LogP contribution in [0.15, 0.2) is 76.9 Å². The van der Waals surface area contributed by atoms with Crippen molar-refractivity contribution in [2.24, 2.45) is 0 Å². The van der Waals surface area contributed by atoms with Crippen LogP contribution >= 0.6 is 0 Å². The van der Waals surface area contributed by atoms with E-state index < -0.39 is 17.7 Å². The van der Waals surface area contributed by atoms with Crippen molar-refractivity contribution in [3.63, 3.8) is 0 Å². The predicted octanol–water partition coefficient (Wildman–Crippen LogP) is 5.21. The van der Waals surface area contributed by atoms with E-state index in [-0.39, 0.29) is 23.3 Å². The van der Waals surface area contributed by atoms with E-state index in [0.29, 0.717) is 17.1 Å². The fraction of sp³-hybridized carbons (Fsp3) is 0.259. The molecule has 3 aromatic rings. The first kappa shape index (κ1) is 22.4. The number of methoxy groups -OCH3 is 1. The van der Waals surface area contributed by atoms with Crippen LogP contribution in [-0.2, 0) is 21.5 Å². The molecule has 2 heterocycles. The van der Waals surface area contributed by atoms with E-state index in [9.17, 15) is 14.7 Å². The minimum absolute atomic E-state index is 0.0440. The molecule has 1 aliphatic rings. The summed E-state index contributed by atoms with van der Waals surface area (Å²) in [4.78, 5) is 27.6. The Hall–Kier alpha value is -3.80. The van der Waals surface area contributed by atoms with Crippen LogP contribution in [0.3, 0.4) is 0 Å². The van der Waals surface area contributed by atoms with Gasteiger partial charge in [0.15, 0.2) is 0 Å². The Morgan fingerprint density at radius 3 is 2.24 bits per heavy atom. The summed E-state index contributed by atoms with van der Waals surface area (Å²) in [5, 5.41) is 11.1. The minimum Gasteiger partial charge on any atom is -0.507 e. The molecule has 4 rings (SSSR count). The lowest BCUT2D eigenvalue weighted by atomic mass is 9.85. The Labute approximate surface area is 193 Å². The molecule has 33 heavy (non-hydrogen) atoms. The van der Waals surface area contributed by atoms with Gasteiger partial charge in [-0.25, -0.2) is 0 Å². The standard InChI is InChI=1S/C27H27NO5/c1-27(2,3)19-11-7-17(8-12-19)23-22(24(29)18-9-13-20(32-4)14-10-18)25(30)26(31)28(23)16-21-6-5-15-33-21/h5-15,23,29H,16H2,1-4H3/b24-22+/t23-/m0/s1. The predicted molar refractivity (Wildman–Crippen MR) is 125 cm³/mol. The number of Topliss-reactive ketones (excluding diaryl/α,β-unsaturated/α-hetero) is 1. The number of likely N-dealkylation sites (tertiary alicyclic amines) is 1. The van der Waals surface area contributed by atoms with Crippen LogP contribution in [0.1, 0.15) is 49.3 Å². The summed E-state index contributed by atoms with van der Waals surface area (Å²) in [6, 6.07) is 17.3. The molecular weight excluding hydrogens is 418 g/mol. The molecule has 170 valence electrons.